The van der Waals surface area contributed by atoms with Crippen LogP contribution in [0.2, 0.25) is 0 Å². The maximum Gasteiger partial charge on any atom is 0.269 e. The first-order valence-corrected chi connectivity index (χ1v) is 10.1. The summed E-state index contributed by atoms with van der Waals surface area (Å²) >= 11 is 6.36. The van der Waals surface area contributed by atoms with Crippen LogP contribution in [0.1, 0.15) is 5.56 Å². The maximum absolute atomic E-state index is 10.8. The van der Waals surface area contributed by atoms with Gasteiger partial charge in [0, 0.05) is 29.5 Å². The van der Waals surface area contributed by atoms with Crippen LogP contribution in [0.4, 0.5) is 11.4 Å². The Morgan fingerprint density at radius 1 is 1.07 bits per heavy atom. The SMILES string of the molecule is O=[N+]([O-])c1ccc(-c2nc3ccc(N=Cc4cc(Br)c(O)c(Br)c4O)cc3[nH]2)cc1. The lowest BCUT2D eigenvalue weighted by molar-refractivity contribution is -0.384. The van der Waals surface area contributed by atoms with E-state index in [0.717, 1.165) is 16.6 Å². The molecule has 0 aliphatic carbocycles. The first kappa shape index (κ1) is 20.0. The Bertz CT molecular complexity index is 1320. The molecular formula is C20H12Br2N4O4. The molecule has 0 aliphatic rings. The number of hydrogen-bond acceptors (Lipinski definition) is 6. The first-order valence-electron chi connectivity index (χ1n) is 8.52. The van der Waals surface area contributed by atoms with Crippen molar-refractivity contribution in [3.63, 3.8) is 0 Å². The number of nitrogens with one attached hydrogen (secondary N) is 1. The zero-order valence-corrected chi connectivity index (χ0v) is 18.2. The molecule has 4 rings (SSSR count). The van der Waals surface area contributed by atoms with Crippen LogP contribution in [0.15, 0.2) is 62.5 Å². The van der Waals surface area contributed by atoms with Crippen molar-refractivity contribution < 1.29 is 15.1 Å². The fourth-order valence-electron chi connectivity index (χ4n) is 2.82. The molecule has 0 aliphatic heterocycles. The van der Waals surface area contributed by atoms with Gasteiger partial charge in [0.05, 0.1) is 26.1 Å². The number of nitro benzene ring substituents is 1. The van der Waals surface area contributed by atoms with Gasteiger partial charge in [-0.1, -0.05) is 0 Å². The summed E-state index contributed by atoms with van der Waals surface area (Å²) in [5, 5.41) is 30.8. The summed E-state index contributed by atoms with van der Waals surface area (Å²) in [5.41, 5.74) is 3.26. The highest BCUT2D eigenvalue weighted by Crippen LogP contribution is 2.40. The number of phenolic OH excluding ortho intramolecular Hbond substituents is 2. The smallest absolute Gasteiger partial charge is 0.269 e. The number of nitrogens with zero attached hydrogens (tertiary/aromatic N) is 3. The molecular weight excluding hydrogens is 520 g/mol. The third kappa shape index (κ3) is 3.79. The zero-order chi connectivity index (χ0) is 21.4. The number of rotatable bonds is 4. The molecule has 0 fully saturated rings. The minimum atomic E-state index is -0.449. The van der Waals surface area contributed by atoms with E-state index in [0.29, 0.717) is 21.5 Å². The fourth-order valence-corrected chi connectivity index (χ4v) is 3.97. The Hall–Kier alpha value is -3.24. The number of hydrogen-bond donors (Lipinski definition) is 3. The van der Waals surface area contributed by atoms with Crippen LogP contribution in [-0.4, -0.2) is 31.3 Å². The predicted molar refractivity (Wildman–Crippen MR) is 121 cm³/mol. The van der Waals surface area contributed by atoms with Crippen molar-refractivity contribution in [1.82, 2.24) is 9.97 Å². The van der Waals surface area contributed by atoms with Crippen molar-refractivity contribution in [3.8, 4) is 22.9 Å². The Balaban J connectivity index is 1.64. The number of aromatic hydroxyl groups is 2. The molecule has 0 amide bonds. The minimum Gasteiger partial charge on any atom is -0.506 e. The number of H-pyrrole nitrogens is 1. The summed E-state index contributed by atoms with van der Waals surface area (Å²) in [6, 6.07) is 13.1. The van der Waals surface area contributed by atoms with Gasteiger partial charge in [-0.25, -0.2) is 4.98 Å². The van der Waals surface area contributed by atoms with Crippen molar-refractivity contribution in [2.45, 2.75) is 0 Å². The van der Waals surface area contributed by atoms with Crippen molar-refractivity contribution >= 4 is 60.5 Å². The summed E-state index contributed by atoms with van der Waals surface area (Å²) in [5.74, 6) is 0.370. The molecule has 0 unspecified atom stereocenters. The number of nitro groups is 1. The van der Waals surface area contributed by atoms with Crippen LogP contribution in [-0.2, 0) is 0 Å². The highest BCUT2D eigenvalue weighted by molar-refractivity contribution is 9.11. The monoisotopic (exact) mass is 530 g/mol. The van der Waals surface area contributed by atoms with E-state index in [-0.39, 0.29) is 21.7 Å². The quantitative estimate of drug-likeness (QED) is 0.174. The first-order chi connectivity index (χ1) is 14.3. The number of benzene rings is 3. The van der Waals surface area contributed by atoms with E-state index in [1.807, 2.05) is 0 Å². The average Bonchev–Trinajstić information content (AvgIpc) is 3.17. The largest absolute Gasteiger partial charge is 0.506 e. The highest BCUT2D eigenvalue weighted by Gasteiger charge is 2.13. The molecule has 0 bridgehead atoms. The van der Waals surface area contributed by atoms with Crippen molar-refractivity contribution in [3.05, 3.63) is 73.2 Å². The molecule has 10 heteroatoms. The number of non-ortho nitro benzene ring substituents is 1. The Morgan fingerprint density at radius 2 is 1.80 bits per heavy atom. The molecule has 1 aromatic heterocycles. The molecule has 0 radical (unpaired) electrons. The topological polar surface area (TPSA) is 125 Å². The number of aromatic nitrogens is 2. The van der Waals surface area contributed by atoms with Gasteiger partial charge < -0.3 is 15.2 Å². The second kappa shape index (κ2) is 7.88. The van der Waals surface area contributed by atoms with Gasteiger partial charge in [-0.2, -0.15) is 0 Å². The van der Waals surface area contributed by atoms with Gasteiger partial charge in [-0.05, 0) is 68.3 Å². The molecule has 4 aromatic rings. The molecule has 8 nitrogen and oxygen atoms in total. The van der Waals surface area contributed by atoms with Crippen LogP contribution in [0.25, 0.3) is 22.4 Å². The van der Waals surface area contributed by atoms with Gasteiger partial charge in [0.2, 0.25) is 0 Å². The van der Waals surface area contributed by atoms with Gasteiger partial charge in [-0.3, -0.25) is 15.1 Å². The summed E-state index contributed by atoms with van der Waals surface area (Å²) in [7, 11) is 0. The summed E-state index contributed by atoms with van der Waals surface area (Å²) < 4.78 is 0.598. The van der Waals surface area contributed by atoms with Crippen LogP contribution in [0, 0.1) is 10.1 Å². The van der Waals surface area contributed by atoms with Gasteiger partial charge >= 0.3 is 0 Å². The van der Waals surface area contributed by atoms with Crippen molar-refractivity contribution in [2.24, 2.45) is 4.99 Å². The molecule has 3 N–H and O–H groups in total. The number of phenols is 2. The zero-order valence-electron chi connectivity index (χ0n) is 15.0. The van der Waals surface area contributed by atoms with Crippen LogP contribution >= 0.6 is 31.9 Å². The van der Waals surface area contributed by atoms with Gasteiger partial charge in [0.25, 0.3) is 5.69 Å². The minimum absolute atomic E-state index is 0.0160. The van der Waals surface area contributed by atoms with E-state index >= 15 is 0 Å². The third-order valence-corrected chi connectivity index (χ3v) is 5.72. The van der Waals surface area contributed by atoms with E-state index in [9.17, 15) is 20.3 Å². The lowest BCUT2D eigenvalue weighted by Crippen LogP contribution is -1.87. The number of aliphatic imine (C=N–C) groups is 1. The number of imidazole rings is 1. The Kier molecular flexibility index (Phi) is 5.27. The Labute approximate surface area is 186 Å². The van der Waals surface area contributed by atoms with E-state index in [1.165, 1.54) is 18.3 Å². The van der Waals surface area contributed by atoms with Gasteiger partial charge in [-0.15, -0.1) is 0 Å². The average molecular weight is 532 g/mol. The number of halogens is 2. The lowest BCUT2D eigenvalue weighted by Gasteiger charge is -2.06. The van der Waals surface area contributed by atoms with Gasteiger partial charge in [0.15, 0.2) is 0 Å². The van der Waals surface area contributed by atoms with Crippen LogP contribution in [0.5, 0.6) is 11.5 Å². The van der Waals surface area contributed by atoms with Crippen molar-refractivity contribution in [2.75, 3.05) is 0 Å². The van der Waals surface area contributed by atoms with Gasteiger partial charge in [0.1, 0.15) is 21.8 Å². The normalized spacial score (nSPS) is 11.4. The standard InChI is InChI=1S/C20H12Br2N4O4/c21-14-7-11(18(27)17(22)19(14)28)9-23-12-3-6-15-16(8-12)25-20(24-15)10-1-4-13(5-2-10)26(29)30/h1-9,27-28H,(H,24,25). The Morgan fingerprint density at radius 3 is 2.50 bits per heavy atom. The van der Waals surface area contributed by atoms with E-state index in [1.54, 1.807) is 36.4 Å². The molecule has 3 aromatic carbocycles. The molecule has 1 heterocycles. The second-order valence-electron chi connectivity index (χ2n) is 6.31. The molecule has 0 saturated carbocycles. The predicted octanol–water partition coefficient (Wildman–Crippen LogP) is 5.82. The third-order valence-electron chi connectivity index (χ3n) is 4.37. The second-order valence-corrected chi connectivity index (χ2v) is 7.96. The lowest BCUT2D eigenvalue weighted by atomic mass is 10.2. The molecule has 30 heavy (non-hydrogen) atoms. The highest BCUT2D eigenvalue weighted by atomic mass is 79.9. The van der Waals surface area contributed by atoms with E-state index < -0.39 is 4.92 Å². The van der Waals surface area contributed by atoms with E-state index in [4.69, 9.17) is 0 Å². The molecule has 0 saturated heterocycles. The summed E-state index contributed by atoms with van der Waals surface area (Å²) in [4.78, 5) is 22.4. The maximum atomic E-state index is 10.8. The van der Waals surface area contributed by atoms with E-state index in [2.05, 4.69) is 46.8 Å². The fraction of sp³-hybridized carbons (Fsp3) is 0. The van der Waals surface area contributed by atoms with Crippen LogP contribution in [0.3, 0.4) is 0 Å². The summed E-state index contributed by atoms with van der Waals surface area (Å²) in [6.07, 6.45) is 1.49. The molecule has 150 valence electrons. The van der Waals surface area contributed by atoms with Crippen molar-refractivity contribution in [1.29, 1.82) is 0 Å². The summed E-state index contributed by atoms with van der Waals surface area (Å²) in [6.45, 7) is 0. The molecule has 0 spiro atoms. The van der Waals surface area contributed by atoms with Crippen LogP contribution < -0.4 is 0 Å². The number of aromatic amines is 1. The molecule has 0 atom stereocenters. The number of fused-ring (bicyclic) bond motifs is 1.